The molecule has 0 aromatic carbocycles. The lowest BCUT2D eigenvalue weighted by Gasteiger charge is -2.41. The highest BCUT2D eigenvalue weighted by Crippen LogP contribution is 2.38. The van der Waals surface area contributed by atoms with Crippen molar-refractivity contribution in [2.75, 3.05) is 0 Å². The number of nitrogens with one attached hydrogen (secondary N) is 2. The number of carbonyl (C=O) groups is 1. The Balaban J connectivity index is 1.74. The molecule has 1 aliphatic heterocycles. The molecule has 2 saturated carbocycles. The third-order valence-corrected chi connectivity index (χ3v) is 5.33. The van der Waals surface area contributed by atoms with Crippen LogP contribution in [0.1, 0.15) is 64.2 Å². The van der Waals surface area contributed by atoms with Gasteiger partial charge in [-0.3, -0.25) is 5.01 Å². The fourth-order valence-electron chi connectivity index (χ4n) is 4.22. The van der Waals surface area contributed by atoms with Crippen molar-refractivity contribution in [3.63, 3.8) is 0 Å². The van der Waals surface area contributed by atoms with Gasteiger partial charge in [-0.15, -0.1) is 6.58 Å². The summed E-state index contributed by atoms with van der Waals surface area (Å²) in [7, 11) is 0. The summed E-state index contributed by atoms with van der Waals surface area (Å²) in [5.74, 6) is 0.478. The van der Waals surface area contributed by atoms with Gasteiger partial charge < -0.3 is 5.32 Å². The van der Waals surface area contributed by atoms with Crippen LogP contribution < -0.4 is 10.7 Å². The summed E-state index contributed by atoms with van der Waals surface area (Å²) >= 11 is 0. The summed E-state index contributed by atoms with van der Waals surface area (Å²) in [6.45, 7) is 3.88. The average Bonchev–Trinajstić information content (AvgIpc) is 2.80. The van der Waals surface area contributed by atoms with Crippen LogP contribution in [-0.2, 0) is 0 Å². The third kappa shape index (κ3) is 2.46. The van der Waals surface area contributed by atoms with Crippen LogP contribution in [0.15, 0.2) is 12.7 Å². The lowest BCUT2D eigenvalue weighted by atomic mass is 9.77. The summed E-state index contributed by atoms with van der Waals surface area (Å²) < 4.78 is 0. The summed E-state index contributed by atoms with van der Waals surface area (Å²) in [4.78, 5) is 12.4. The number of carbonyl (C=O) groups excluding carboxylic acids is 1. The fraction of sp³-hybridized carbons (Fsp3) is 0.812. The van der Waals surface area contributed by atoms with Crippen LogP contribution in [-0.4, -0.2) is 22.7 Å². The monoisotopic (exact) mass is 277 g/mol. The van der Waals surface area contributed by atoms with E-state index in [0.717, 1.165) is 25.7 Å². The summed E-state index contributed by atoms with van der Waals surface area (Å²) in [6.07, 6.45) is 13.7. The average molecular weight is 277 g/mol. The number of amides is 2. The number of rotatable bonds is 3. The molecule has 0 bridgehead atoms. The van der Waals surface area contributed by atoms with Crippen LogP contribution in [0.5, 0.6) is 0 Å². The van der Waals surface area contributed by atoms with E-state index in [9.17, 15) is 4.79 Å². The van der Waals surface area contributed by atoms with Gasteiger partial charge in [0, 0.05) is 5.92 Å². The first kappa shape index (κ1) is 13.9. The van der Waals surface area contributed by atoms with E-state index in [1.165, 1.54) is 38.5 Å². The number of urea groups is 1. The highest BCUT2D eigenvalue weighted by atomic mass is 16.2. The van der Waals surface area contributed by atoms with Crippen LogP contribution in [0.25, 0.3) is 0 Å². The molecule has 2 atom stereocenters. The van der Waals surface area contributed by atoms with Crippen LogP contribution in [0.4, 0.5) is 4.79 Å². The first-order valence-electron chi connectivity index (χ1n) is 8.25. The van der Waals surface area contributed by atoms with Gasteiger partial charge in [-0.2, -0.15) is 0 Å². The van der Waals surface area contributed by atoms with Gasteiger partial charge in [-0.1, -0.05) is 31.8 Å². The van der Waals surface area contributed by atoms with Crippen molar-refractivity contribution >= 4 is 6.03 Å². The predicted octanol–water partition coefficient (Wildman–Crippen LogP) is 3.31. The van der Waals surface area contributed by atoms with Crippen molar-refractivity contribution in [1.82, 2.24) is 15.8 Å². The highest BCUT2D eigenvalue weighted by Gasteiger charge is 2.49. The van der Waals surface area contributed by atoms with Crippen molar-refractivity contribution in [3.05, 3.63) is 12.7 Å². The molecule has 2 unspecified atom stereocenters. The zero-order chi connectivity index (χ0) is 14.0. The SMILES string of the molecule is C=CCC1CCCCC12NC(=O)N(C1CCCCC1)N2. The van der Waals surface area contributed by atoms with E-state index < -0.39 is 0 Å². The molecule has 1 spiro atoms. The minimum atomic E-state index is -0.207. The zero-order valence-corrected chi connectivity index (χ0v) is 12.4. The Labute approximate surface area is 121 Å². The highest BCUT2D eigenvalue weighted by molar-refractivity contribution is 5.77. The van der Waals surface area contributed by atoms with Gasteiger partial charge in [0.1, 0.15) is 5.66 Å². The largest absolute Gasteiger partial charge is 0.333 e. The van der Waals surface area contributed by atoms with E-state index in [4.69, 9.17) is 0 Å². The number of allylic oxidation sites excluding steroid dienone is 1. The fourth-order valence-corrected chi connectivity index (χ4v) is 4.22. The molecule has 112 valence electrons. The Morgan fingerprint density at radius 1 is 1.20 bits per heavy atom. The second-order valence-corrected chi connectivity index (χ2v) is 6.64. The Hall–Kier alpha value is -1.03. The minimum Gasteiger partial charge on any atom is -0.317 e. The lowest BCUT2D eigenvalue weighted by Crippen LogP contribution is -2.59. The van der Waals surface area contributed by atoms with E-state index in [0.29, 0.717) is 12.0 Å². The summed E-state index contributed by atoms with van der Waals surface area (Å²) in [5.41, 5.74) is 3.38. The van der Waals surface area contributed by atoms with Gasteiger partial charge >= 0.3 is 6.03 Å². The molecule has 20 heavy (non-hydrogen) atoms. The first-order chi connectivity index (χ1) is 9.75. The molecular formula is C16H27N3O. The van der Waals surface area contributed by atoms with Gasteiger partial charge in [0.05, 0.1) is 6.04 Å². The van der Waals surface area contributed by atoms with Crippen molar-refractivity contribution < 1.29 is 4.79 Å². The summed E-state index contributed by atoms with van der Waals surface area (Å²) in [5, 5.41) is 5.20. The van der Waals surface area contributed by atoms with Gasteiger partial charge in [0.15, 0.2) is 0 Å². The first-order valence-corrected chi connectivity index (χ1v) is 8.25. The Morgan fingerprint density at radius 2 is 1.95 bits per heavy atom. The van der Waals surface area contributed by atoms with E-state index >= 15 is 0 Å². The van der Waals surface area contributed by atoms with Crippen molar-refractivity contribution in [3.8, 4) is 0 Å². The molecule has 3 fully saturated rings. The molecule has 3 aliphatic rings. The van der Waals surface area contributed by atoms with Gasteiger partial charge in [-0.25, -0.2) is 10.2 Å². The molecule has 4 nitrogen and oxygen atoms in total. The Bertz CT molecular complexity index is 378. The molecule has 1 saturated heterocycles. The van der Waals surface area contributed by atoms with Crippen LogP contribution in [0.2, 0.25) is 0 Å². The number of nitrogens with zero attached hydrogens (tertiary/aromatic N) is 1. The topological polar surface area (TPSA) is 44.4 Å². The van der Waals surface area contributed by atoms with Crippen LogP contribution in [0.3, 0.4) is 0 Å². The predicted molar refractivity (Wildman–Crippen MR) is 79.9 cm³/mol. The molecule has 0 aromatic rings. The third-order valence-electron chi connectivity index (χ3n) is 5.33. The quantitative estimate of drug-likeness (QED) is 0.777. The van der Waals surface area contributed by atoms with Crippen molar-refractivity contribution in [1.29, 1.82) is 0 Å². The normalized spacial score (nSPS) is 35.3. The van der Waals surface area contributed by atoms with E-state index in [1.807, 2.05) is 11.1 Å². The Morgan fingerprint density at radius 3 is 2.70 bits per heavy atom. The van der Waals surface area contributed by atoms with Gasteiger partial charge in [0.25, 0.3) is 0 Å². The van der Waals surface area contributed by atoms with Gasteiger partial charge in [-0.05, 0) is 38.5 Å². The molecule has 1 heterocycles. The molecule has 4 heteroatoms. The second-order valence-electron chi connectivity index (χ2n) is 6.64. The second kappa shape index (κ2) is 5.76. The molecular weight excluding hydrogens is 250 g/mol. The lowest BCUT2D eigenvalue weighted by molar-refractivity contribution is 0.0682. The maximum Gasteiger partial charge on any atom is 0.333 e. The summed E-state index contributed by atoms with van der Waals surface area (Å²) in [6, 6.07) is 0.474. The number of hydrogen-bond donors (Lipinski definition) is 2. The van der Waals surface area contributed by atoms with E-state index in [2.05, 4.69) is 17.3 Å². The standard InChI is InChI=1S/C16H27N3O/c1-2-8-13-9-6-7-12-16(13)17-15(20)19(18-16)14-10-4-3-5-11-14/h2,13-14,18H,1,3-12H2,(H,17,20). The van der Waals surface area contributed by atoms with Crippen molar-refractivity contribution in [2.24, 2.45) is 5.92 Å². The maximum absolute atomic E-state index is 12.4. The molecule has 3 rings (SSSR count). The molecule has 2 amide bonds. The number of hydrazine groups is 1. The molecule has 0 radical (unpaired) electrons. The van der Waals surface area contributed by atoms with Crippen LogP contribution >= 0.6 is 0 Å². The van der Waals surface area contributed by atoms with E-state index in [-0.39, 0.29) is 11.7 Å². The number of hydrogen-bond acceptors (Lipinski definition) is 2. The molecule has 0 aromatic heterocycles. The molecule has 2 aliphatic carbocycles. The smallest absolute Gasteiger partial charge is 0.317 e. The van der Waals surface area contributed by atoms with Gasteiger partial charge in [0.2, 0.25) is 0 Å². The van der Waals surface area contributed by atoms with Crippen molar-refractivity contribution in [2.45, 2.75) is 75.9 Å². The van der Waals surface area contributed by atoms with Crippen LogP contribution in [0, 0.1) is 5.92 Å². The minimum absolute atomic E-state index is 0.0906. The molecule has 2 N–H and O–H groups in total. The Kier molecular flexibility index (Phi) is 4.01. The maximum atomic E-state index is 12.4. The zero-order valence-electron chi connectivity index (χ0n) is 12.4. The van der Waals surface area contributed by atoms with E-state index in [1.54, 1.807) is 0 Å².